The first-order chi connectivity index (χ1) is 5.33. The zero-order chi connectivity index (χ0) is 9.78. The Morgan fingerprint density at radius 1 is 1.67 bits per heavy atom. The van der Waals surface area contributed by atoms with E-state index in [4.69, 9.17) is 22.0 Å². The lowest BCUT2D eigenvalue weighted by molar-refractivity contribution is 0.368. The number of nitrogens with zero attached hydrogens (tertiary/aromatic N) is 1. The number of thiocarbonyl (C=S) groups is 1. The monoisotopic (exact) mass is 229 g/mol. The SMILES string of the molecule is CN(CCCP(=O)(O)O)C(=S)S. The van der Waals surface area contributed by atoms with Crippen LogP contribution in [-0.2, 0) is 4.57 Å². The Labute approximate surface area is 82.5 Å². The molecule has 0 aromatic rings. The number of thiol groups is 1. The fraction of sp³-hybridized carbons (Fsp3) is 0.800. The van der Waals surface area contributed by atoms with Crippen molar-refractivity contribution in [1.82, 2.24) is 4.90 Å². The highest BCUT2D eigenvalue weighted by Gasteiger charge is 2.12. The van der Waals surface area contributed by atoms with E-state index in [0.717, 1.165) is 0 Å². The van der Waals surface area contributed by atoms with Crippen LogP contribution in [0.1, 0.15) is 6.42 Å². The van der Waals surface area contributed by atoms with Crippen LogP contribution in [0.2, 0.25) is 0 Å². The second kappa shape index (κ2) is 5.19. The van der Waals surface area contributed by atoms with E-state index in [0.29, 0.717) is 17.3 Å². The average Bonchev–Trinajstić information content (AvgIpc) is 1.84. The standard InChI is InChI=1S/C5H12NO3PS2/c1-6(5(11)12)3-2-4-10(7,8)9/h2-4H2,1H3,(H,11,12)(H2,7,8,9). The minimum Gasteiger partial charge on any atom is -0.361 e. The third-order valence-electron chi connectivity index (χ3n) is 1.27. The van der Waals surface area contributed by atoms with Crippen molar-refractivity contribution in [2.75, 3.05) is 19.8 Å². The molecule has 7 heteroatoms. The van der Waals surface area contributed by atoms with Gasteiger partial charge in [0.25, 0.3) is 0 Å². The fourth-order valence-corrected chi connectivity index (χ4v) is 1.35. The minimum atomic E-state index is -3.85. The summed E-state index contributed by atoms with van der Waals surface area (Å²) in [5, 5.41) is 0. The molecule has 0 spiro atoms. The van der Waals surface area contributed by atoms with Crippen molar-refractivity contribution >= 4 is 36.8 Å². The molecule has 0 rings (SSSR count). The molecule has 0 fully saturated rings. The number of rotatable bonds is 4. The molecular weight excluding hydrogens is 217 g/mol. The minimum absolute atomic E-state index is 0.103. The third kappa shape index (κ3) is 7.06. The molecule has 0 amide bonds. The summed E-state index contributed by atoms with van der Waals surface area (Å²) in [7, 11) is -2.12. The molecule has 0 radical (unpaired) electrons. The van der Waals surface area contributed by atoms with Crippen LogP contribution in [0.4, 0.5) is 0 Å². The Balaban J connectivity index is 3.58. The maximum absolute atomic E-state index is 10.4. The van der Waals surface area contributed by atoms with Crippen LogP contribution >= 0.6 is 32.4 Å². The van der Waals surface area contributed by atoms with E-state index in [1.807, 2.05) is 0 Å². The van der Waals surface area contributed by atoms with Gasteiger partial charge < -0.3 is 14.7 Å². The summed E-state index contributed by atoms with van der Waals surface area (Å²) in [5.41, 5.74) is 0. The lowest BCUT2D eigenvalue weighted by Crippen LogP contribution is -2.22. The Morgan fingerprint density at radius 2 is 2.17 bits per heavy atom. The molecule has 0 atom stereocenters. The molecule has 0 aliphatic heterocycles. The molecule has 0 unspecified atom stereocenters. The van der Waals surface area contributed by atoms with Gasteiger partial charge in [0.15, 0.2) is 0 Å². The van der Waals surface area contributed by atoms with Gasteiger partial charge in [0.05, 0.1) is 6.16 Å². The van der Waals surface area contributed by atoms with Crippen molar-refractivity contribution in [3.05, 3.63) is 0 Å². The van der Waals surface area contributed by atoms with Crippen LogP contribution in [0, 0.1) is 0 Å². The summed E-state index contributed by atoms with van der Waals surface area (Å²) >= 11 is 8.62. The van der Waals surface area contributed by atoms with Crippen molar-refractivity contribution < 1.29 is 14.4 Å². The van der Waals surface area contributed by atoms with Crippen molar-refractivity contribution in [2.45, 2.75) is 6.42 Å². The van der Waals surface area contributed by atoms with Crippen LogP contribution in [0.15, 0.2) is 0 Å². The molecule has 0 aromatic carbocycles. The molecule has 4 nitrogen and oxygen atoms in total. The lowest BCUT2D eigenvalue weighted by atomic mass is 10.5. The number of hydrogen-bond acceptors (Lipinski definition) is 2. The predicted octanol–water partition coefficient (Wildman–Crippen LogP) is 0.701. The second-order valence-corrected chi connectivity index (χ2v) is 5.34. The molecule has 0 aromatic heterocycles. The molecule has 0 bridgehead atoms. The van der Waals surface area contributed by atoms with Crippen LogP contribution < -0.4 is 0 Å². The quantitative estimate of drug-likeness (QED) is 0.376. The normalized spacial score (nSPS) is 11.3. The first-order valence-electron chi connectivity index (χ1n) is 3.31. The van der Waals surface area contributed by atoms with Gasteiger partial charge in [-0.2, -0.15) is 0 Å². The summed E-state index contributed by atoms with van der Waals surface area (Å²) in [6, 6.07) is 0. The first kappa shape index (κ1) is 12.4. The van der Waals surface area contributed by atoms with Crippen LogP contribution in [0.25, 0.3) is 0 Å². The summed E-state index contributed by atoms with van der Waals surface area (Å²) in [4.78, 5) is 18.7. The predicted molar refractivity (Wildman–Crippen MR) is 55.7 cm³/mol. The van der Waals surface area contributed by atoms with Gasteiger partial charge in [0.1, 0.15) is 4.32 Å². The van der Waals surface area contributed by atoms with Crippen molar-refractivity contribution in [3.8, 4) is 0 Å². The Hall–Kier alpha value is 0.390. The topological polar surface area (TPSA) is 60.8 Å². The van der Waals surface area contributed by atoms with Crippen LogP contribution in [0.3, 0.4) is 0 Å². The van der Waals surface area contributed by atoms with Gasteiger partial charge in [-0.15, -0.1) is 12.6 Å². The van der Waals surface area contributed by atoms with E-state index in [-0.39, 0.29) is 6.16 Å². The van der Waals surface area contributed by atoms with Gasteiger partial charge in [0.2, 0.25) is 0 Å². The molecule has 0 aliphatic rings. The van der Waals surface area contributed by atoms with Gasteiger partial charge in [-0.3, -0.25) is 4.57 Å². The summed E-state index contributed by atoms with van der Waals surface area (Å²) in [6.07, 6.45) is 0.315. The summed E-state index contributed by atoms with van der Waals surface area (Å²) in [6.45, 7) is 0.521. The zero-order valence-corrected chi connectivity index (χ0v) is 9.28. The van der Waals surface area contributed by atoms with Crippen LogP contribution in [0.5, 0.6) is 0 Å². The average molecular weight is 229 g/mol. The highest BCUT2D eigenvalue weighted by atomic mass is 32.1. The lowest BCUT2D eigenvalue weighted by Gasteiger charge is -2.15. The molecule has 72 valence electrons. The largest absolute Gasteiger partial charge is 0.361 e. The Morgan fingerprint density at radius 3 is 2.50 bits per heavy atom. The zero-order valence-electron chi connectivity index (χ0n) is 6.67. The third-order valence-corrected chi connectivity index (χ3v) is 2.82. The van der Waals surface area contributed by atoms with Crippen LogP contribution in [-0.4, -0.2) is 38.8 Å². The Bertz CT molecular complexity index is 205. The van der Waals surface area contributed by atoms with E-state index >= 15 is 0 Å². The van der Waals surface area contributed by atoms with Gasteiger partial charge in [-0.1, -0.05) is 12.2 Å². The summed E-state index contributed by atoms with van der Waals surface area (Å²) in [5.74, 6) is 0. The maximum Gasteiger partial charge on any atom is 0.325 e. The fourth-order valence-electron chi connectivity index (χ4n) is 0.609. The van der Waals surface area contributed by atoms with E-state index in [1.165, 1.54) is 0 Å². The Kier molecular flexibility index (Phi) is 5.36. The molecule has 0 heterocycles. The molecule has 0 saturated carbocycles. The van der Waals surface area contributed by atoms with E-state index in [1.54, 1.807) is 11.9 Å². The molecule has 12 heavy (non-hydrogen) atoms. The van der Waals surface area contributed by atoms with Gasteiger partial charge >= 0.3 is 7.60 Å². The second-order valence-electron chi connectivity index (χ2n) is 2.45. The van der Waals surface area contributed by atoms with E-state index in [9.17, 15) is 4.57 Å². The molecule has 0 saturated heterocycles. The smallest absolute Gasteiger partial charge is 0.325 e. The van der Waals surface area contributed by atoms with Gasteiger partial charge in [0, 0.05) is 13.6 Å². The van der Waals surface area contributed by atoms with Gasteiger partial charge in [-0.05, 0) is 6.42 Å². The molecule has 0 aliphatic carbocycles. The highest BCUT2D eigenvalue weighted by Crippen LogP contribution is 2.34. The summed E-state index contributed by atoms with van der Waals surface area (Å²) < 4.78 is 10.8. The highest BCUT2D eigenvalue weighted by molar-refractivity contribution is 8.10. The van der Waals surface area contributed by atoms with Gasteiger partial charge in [-0.25, -0.2) is 0 Å². The van der Waals surface area contributed by atoms with Crippen molar-refractivity contribution in [2.24, 2.45) is 0 Å². The molecular formula is C5H12NO3PS2. The van der Waals surface area contributed by atoms with E-state index in [2.05, 4.69) is 12.6 Å². The van der Waals surface area contributed by atoms with E-state index < -0.39 is 7.60 Å². The van der Waals surface area contributed by atoms with Crippen molar-refractivity contribution in [3.63, 3.8) is 0 Å². The first-order valence-corrected chi connectivity index (χ1v) is 5.97. The number of hydrogen-bond donors (Lipinski definition) is 3. The molecule has 2 N–H and O–H groups in total. The van der Waals surface area contributed by atoms with Crippen molar-refractivity contribution in [1.29, 1.82) is 0 Å². The maximum atomic E-state index is 10.4.